The van der Waals surface area contributed by atoms with Crippen molar-refractivity contribution in [2.75, 3.05) is 0 Å². The minimum Gasteiger partial charge on any atom is -0.481 e. The summed E-state index contributed by atoms with van der Waals surface area (Å²) >= 11 is 0. The monoisotopic (exact) mass is 245 g/mol. The van der Waals surface area contributed by atoms with Crippen LogP contribution in [0, 0.1) is 0 Å². The van der Waals surface area contributed by atoms with Gasteiger partial charge >= 0.3 is 11.9 Å². The fraction of sp³-hybridized carbons (Fsp3) is 0.833. The van der Waals surface area contributed by atoms with Gasteiger partial charge in [-0.3, -0.25) is 9.59 Å². The number of hydrogen-bond donors (Lipinski definition) is 3. The maximum absolute atomic E-state index is 10.4. The first kappa shape index (κ1) is 15.9. The van der Waals surface area contributed by atoms with Crippen LogP contribution in [0.5, 0.6) is 0 Å². The summed E-state index contributed by atoms with van der Waals surface area (Å²) in [6.45, 7) is 0. The summed E-state index contributed by atoms with van der Waals surface area (Å²) in [4.78, 5) is 20.7. The zero-order chi connectivity index (χ0) is 13.1. The second-order valence-electron chi connectivity index (χ2n) is 4.35. The van der Waals surface area contributed by atoms with Gasteiger partial charge in [0.2, 0.25) is 0 Å². The van der Waals surface area contributed by atoms with Crippen molar-refractivity contribution in [2.24, 2.45) is 5.73 Å². The molecule has 4 N–H and O–H groups in total. The van der Waals surface area contributed by atoms with E-state index in [0.717, 1.165) is 44.9 Å². The summed E-state index contributed by atoms with van der Waals surface area (Å²) in [6, 6.07) is -0.731. The molecule has 1 atom stereocenters. The lowest BCUT2D eigenvalue weighted by Crippen LogP contribution is -2.29. The summed E-state index contributed by atoms with van der Waals surface area (Å²) in [5.74, 6) is -1.66. The molecule has 0 spiro atoms. The Bertz CT molecular complexity index is 231. The third-order valence-corrected chi connectivity index (χ3v) is 2.72. The average Bonchev–Trinajstić information content (AvgIpc) is 2.25. The number of carbonyl (C=O) groups is 2. The number of hydrogen-bond acceptors (Lipinski definition) is 3. The van der Waals surface area contributed by atoms with Crippen molar-refractivity contribution >= 4 is 11.9 Å². The van der Waals surface area contributed by atoms with Gasteiger partial charge in [-0.05, 0) is 12.8 Å². The molecule has 100 valence electrons. The SMILES string of the molecule is NC(CCCCCCCCCC(=O)O)C(=O)O. The van der Waals surface area contributed by atoms with Crippen molar-refractivity contribution in [1.29, 1.82) is 0 Å². The van der Waals surface area contributed by atoms with E-state index in [1.165, 1.54) is 0 Å². The van der Waals surface area contributed by atoms with E-state index in [1.807, 2.05) is 0 Å². The van der Waals surface area contributed by atoms with Crippen molar-refractivity contribution in [3.8, 4) is 0 Å². The van der Waals surface area contributed by atoms with Crippen LogP contribution in [-0.2, 0) is 9.59 Å². The third kappa shape index (κ3) is 11.2. The molecule has 5 heteroatoms. The number of carboxylic acid groups (broad SMARTS) is 2. The molecule has 0 rings (SSSR count). The van der Waals surface area contributed by atoms with Gasteiger partial charge in [-0.1, -0.05) is 38.5 Å². The standard InChI is InChI=1S/C12H23NO4/c13-10(12(16)17)8-6-4-2-1-3-5-7-9-11(14)15/h10H,1-9,13H2,(H,14,15)(H,16,17). The fourth-order valence-electron chi connectivity index (χ4n) is 1.65. The smallest absolute Gasteiger partial charge is 0.320 e. The molecule has 1 unspecified atom stereocenters. The van der Waals surface area contributed by atoms with Gasteiger partial charge in [0.05, 0.1) is 0 Å². The Labute approximate surface area is 102 Å². The molecular formula is C12H23NO4. The van der Waals surface area contributed by atoms with Crippen LogP contribution in [0.1, 0.15) is 57.8 Å². The Morgan fingerprint density at radius 1 is 0.882 bits per heavy atom. The van der Waals surface area contributed by atoms with Crippen molar-refractivity contribution in [1.82, 2.24) is 0 Å². The lowest BCUT2D eigenvalue weighted by molar-refractivity contribution is -0.139. The van der Waals surface area contributed by atoms with E-state index in [-0.39, 0.29) is 6.42 Å². The predicted molar refractivity (Wildman–Crippen MR) is 64.8 cm³/mol. The fourth-order valence-corrected chi connectivity index (χ4v) is 1.65. The summed E-state index contributed by atoms with van der Waals surface area (Å²) < 4.78 is 0. The van der Waals surface area contributed by atoms with Gasteiger partial charge < -0.3 is 15.9 Å². The van der Waals surface area contributed by atoms with E-state index in [9.17, 15) is 9.59 Å². The minimum atomic E-state index is -0.932. The highest BCUT2D eigenvalue weighted by Crippen LogP contribution is 2.10. The summed E-state index contributed by atoms with van der Waals surface area (Å²) in [5.41, 5.74) is 5.37. The molecule has 0 saturated heterocycles. The van der Waals surface area contributed by atoms with Gasteiger partial charge in [0.15, 0.2) is 0 Å². The van der Waals surface area contributed by atoms with Gasteiger partial charge in [-0.15, -0.1) is 0 Å². The molecule has 17 heavy (non-hydrogen) atoms. The van der Waals surface area contributed by atoms with Gasteiger partial charge in [0, 0.05) is 6.42 Å². The minimum absolute atomic E-state index is 0.257. The second kappa shape index (κ2) is 10.1. The van der Waals surface area contributed by atoms with Gasteiger partial charge in [0.1, 0.15) is 6.04 Å². The number of nitrogens with two attached hydrogens (primary N) is 1. The number of aliphatic carboxylic acids is 2. The third-order valence-electron chi connectivity index (χ3n) is 2.72. The van der Waals surface area contributed by atoms with Crippen molar-refractivity contribution in [3.63, 3.8) is 0 Å². The summed E-state index contributed by atoms with van der Waals surface area (Å²) in [5, 5.41) is 17.0. The number of carboxylic acids is 2. The zero-order valence-corrected chi connectivity index (χ0v) is 10.2. The molecular weight excluding hydrogens is 222 g/mol. The first-order valence-corrected chi connectivity index (χ1v) is 6.24. The molecule has 0 bridgehead atoms. The average molecular weight is 245 g/mol. The zero-order valence-electron chi connectivity index (χ0n) is 10.2. The first-order valence-electron chi connectivity index (χ1n) is 6.24. The van der Waals surface area contributed by atoms with Gasteiger partial charge in [-0.25, -0.2) is 0 Å². The summed E-state index contributed by atoms with van der Waals surface area (Å²) in [6.07, 6.45) is 7.56. The van der Waals surface area contributed by atoms with E-state index in [2.05, 4.69) is 0 Å². The number of unbranched alkanes of at least 4 members (excludes halogenated alkanes) is 6. The molecule has 0 aliphatic rings. The van der Waals surface area contributed by atoms with Gasteiger partial charge in [0.25, 0.3) is 0 Å². The molecule has 0 aromatic rings. The lowest BCUT2D eigenvalue weighted by Gasteiger charge is -2.05. The summed E-state index contributed by atoms with van der Waals surface area (Å²) in [7, 11) is 0. The van der Waals surface area contributed by atoms with Crippen LogP contribution in [-0.4, -0.2) is 28.2 Å². The Hall–Kier alpha value is -1.10. The first-order chi connectivity index (χ1) is 8.04. The maximum Gasteiger partial charge on any atom is 0.320 e. The van der Waals surface area contributed by atoms with E-state index >= 15 is 0 Å². The lowest BCUT2D eigenvalue weighted by atomic mass is 10.0. The van der Waals surface area contributed by atoms with Crippen LogP contribution in [0.25, 0.3) is 0 Å². The topological polar surface area (TPSA) is 101 Å². The molecule has 0 aliphatic heterocycles. The van der Waals surface area contributed by atoms with E-state index in [4.69, 9.17) is 15.9 Å². The normalized spacial score (nSPS) is 12.3. The molecule has 0 saturated carbocycles. The second-order valence-corrected chi connectivity index (χ2v) is 4.35. The van der Waals surface area contributed by atoms with Crippen LogP contribution >= 0.6 is 0 Å². The Kier molecular flexibility index (Phi) is 9.43. The molecule has 5 nitrogen and oxygen atoms in total. The molecule has 0 heterocycles. The van der Waals surface area contributed by atoms with E-state index in [1.54, 1.807) is 0 Å². The predicted octanol–water partition coefficient (Wildman–Crippen LogP) is 1.99. The van der Waals surface area contributed by atoms with Gasteiger partial charge in [-0.2, -0.15) is 0 Å². The van der Waals surface area contributed by atoms with Crippen molar-refractivity contribution < 1.29 is 19.8 Å². The molecule has 0 aliphatic carbocycles. The quantitative estimate of drug-likeness (QED) is 0.483. The molecule has 0 fully saturated rings. The van der Waals surface area contributed by atoms with Crippen molar-refractivity contribution in [3.05, 3.63) is 0 Å². The molecule has 0 aromatic heterocycles. The van der Waals surface area contributed by atoms with E-state index < -0.39 is 18.0 Å². The molecule has 0 radical (unpaired) electrons. The Morgan fingerprint density at radius 3 is 1.82 bits per heavy atom. The maximum atomic E-state index is 10.4. The highest BCUT2D eigenvalue weighted by atomic mass is 16.4. The van der Waals surface area contributed by atoms with Crippen LogP contribution in [0.4, 0.5) is 0 Å². The van der Waals surface area contributed by atoms with Crippen LogP contribution in [0.15, 0.2) is 0 Å². The Morgan fingerprint density at radius 2 is 1.35 bits per heavy atom. The molecule has 0 aromatic carbocycles. The van der Waals surface area contributed by atoms with Crippen LogP contribution in [0.3, 0.4) is 0 Å². The van der Waals surface area contributed by atoms with Crippen molar-refractivity contribution in [2.45, 2.75) is 63.8 Å². The Balaban J connectivity index is 3.14. The largest absolute Gasteiger partial charge is 0.481 e. The molecule has 0 amide bonds. The van der Waals surface area contributed by atoms with E-state index in [0.29, 0.717) is 6.42 Å². The van der Waals surface area contributed by atoms with Crippen LogP contribution < -0.4 is 5.73 Å². The van der Waals surface area contributed by atoms with Crippen LogP contribution in [0.2, 0.25) is 0 Å². The highest BCUT2D eigenvalue weighted by Gasteiger charge is 2.09. The highest BCUT2D eigenvalue weighted by molar-refractivity contribution is 5.72. The number of rotatable bonds is 11.